The van der Waals surface area contributed by atoms with Crippen LogP contribution < -0.4 is 5.73 Å². The molecule has 0 aliphatic heterocycles. The Morgan fingerprint density at radius 2 is 1.94 bits per heavy atom. The van der Waals surface area contributed by atoms with E-state index in [9.17, 15) is 27.5 Å². The van der Waals surface area contributed by atoms with Crippen molar-refractivity contribution in [1.29, 1.82) is 0 Å². The van der Waals surface area contributed by atoms with E-state index in [0.717, 1.165) is 12.3 Å². The molecule has 33 heavy (non-hydrogen) atoms. The number of aliphatic hydroxyl groups is 1. The molecule has 1 amide bonds. The van der Waals surface area contributed by atoms with Crippen molar-refractivity contribution in [2.75, 3.05) is 0 Å². The SMILES string of the molecule is CC(C)(O)Cn1ncc(-c2c(C(N)=O)c(-c3c(F)cccc3Cl)cn2C2CC2)c1C(F)(F)F. The number of nitrogens with two attached hydrogens (primary N) is 1. The van der Waals surface area contributed by atoms with E-state index in [1.807, 2.05) is 0 Å². The highest BCUT2D eigenvalue weighted by Crippen LogP contribution is 2.48. The molecule has 0 atom stereocenters. The largest absolute Gasteiger partial charge is 0.433 e. The Hall–Kier alpha value is -2.85. The molecule has 3 aromatic rings. The maximum absolute atomic E-state index is 14.7. The normalized spacial score (nSPS) is 14.7. The fraction of sp³-hybridized carbons (Fsp3) is 0.364. The Balaban J connectivity index is 2.05. The number of hydrogen-bond acceptors (Lipinski definition) is 3. The number of primary amides is 1. The summed E-state index contributed by atoms with van der Waals surface area (Å²) in [5, 5.41) is 13.9. The van der Waals surface area contributed by atoms with E-state index in [4.69, 9.17) is 17.3 Å². The summed E-state index contributed by atoms with van der Waals surface area (Å²) in [5.74, 6) is -1.76. The Bertz CT molecular complexity index is 1220. The third-order valence-corrected chi connectivity index (χ3v) is 5.67. The molecule has 1 aliphatic rings. The van der Waals surface area contributed by atoms with Crippen molar-refractivity contribution in [2.24, 2.45) is 5.73 Å². The minimum absolute atomic E-state index is 0.00855. The van der Waals surface area contributed by atoms with Gasteiger partial charge in [0.25, 0.3) is 5.91 Å². The van der Waals surface area contributed by atoms with Gasteiger partial charge in [0.1, 0.15) is 5.82 Å². The summed E-state index contributed by atoms with van der Waals surface area (Å²) in [6.45, 7) is 2.27. The monoisotopic (exact) mass is 484 g/mol. The van der Waals surface area contributed by atoms with Crippen molar-refractivity contribution in [3.05, 3.63) is 52.7 Å². The molecule has 4 rings (SSSR count). The molecule has 176 valence electrons. The first-order chi connectivity index (χ1) is 15.3. The number of carbonyl (C=O) groups excluding carboxylic acids is 1. The maximum atomic E-state index is 14.7. The number of alkyl halides is 3. The van der Waals surface area contributed by atoms with Crippen molar-refractivity contribution in [1.82, 2.24) is 14.3 Å². The average Bonchev–Trinajstić information content (AvgIpc) is 3.30. The van der Waals surface area contributed by atoms with Crippen LogP contribution in [0.1, 0.15) is 48.8 Å². The highest BCUT2D eigenvalue weighted by atomic mass is 35.5. The van der Waals surface area contributed by atoms with Gasteiger partial charge in [0, 0.05) is 28.9 Å². The number of halogens is 5. The van der Waals surface area contributed by atoms with Gasteiger partial charge in [-0.15, -0.1) is 0 Å². The Labute approximate surface area is 191 Å². The van der Waals surface area contributed by atoms with Crippen molar-refractivity contribution in [3.63, 3.8) is 0 Å². The van der Waals surface area contributed by atoms with Crippen LogP contribution in [0.15, 0.2) is 30.6 Å². The van der Waals surface area contributed by atoms with Gasteiger partial charge < -0.3 is 15.4 Å². The van der Waals surface area contributed by atoms with Gasteiger partial charge >= 0.3 is 6.18 Å². The van der Waals surface area contributed by atoms with Gasteiger partial charge in [0.2, 0.25) is 0 Å². The van der Waals surface area contributed by atoms with E-state index >= 15 is 0 Å². The third kappa shape index (κ3) is 4.37. The summed E-state index contributed by atoms with van der Waals surface area (Å²) in [6.07, 6.45) is -1.11. The standard InChI is InChI=1S/C22H21ClF4N4O2/c1-21(2,33)10-31-19(22(25,26)27)12(8-29-31)18-17(20(28)32)13(9-30(18)11-6-7-11)16-14(23)4-3-5-15(16)24/h3-5,8-9,11,33H,6-7,10H2,1-2H3,(H2,28,32). The van der Waals surface area contributed by atoms with E-state index in [2.05, 4.69) is 5.10 Å². The molecule has 3 N–H and O–H groups in total. The number of benzene rings is 1. The maximum Gasteiger partial charge on any atom is 0.433 e. The molecule has 1 saturated carbocycles. The molecule has 6 nitrogen and oxygen atoms in total. The smallest absolute Gasteiger partial charge is 0.389 e. The van der Waals surface area contributed by atoms with Crippen LogP contribution in [0.3, 0.4) is 0 Å². The summed E-state index contributed by atoms with van der Waals surface area (Å²) < 4.78 is 59.5. The van der Waals surface area contributed by atoms with Gasteiger partial charge in [0.05, 0.1) is 34.6 Å². The van der Waals surface area contributed by atoms with Crippen molar-refractivity contribution in [3.8, 4) is 22.4 Å². The Morgan fingerprint density at radius 1 is 1.27 bits per heavy atom. The highest BCUT2D eigenvalue weighted by molar-refractivity contribution is 6.33. The predicted octanol–water partition coefficient (Wildman–Crippen LogP) is 5.03. The van der Waals surface area contributed by atoms with Crippen LogP contribution >= 0.6 is 11.6 Å². The molecule has 0 saturated heterocycles. The first-order valence-corrected chi connectivity index (χ1v) is 10.5. The highest BCUT2D eigenvalue weighted by Gasteiger charge is 2.42. The van der Waals surface area contributed by atoms with Crippen LogP contribution in [0.5, 0.6) is 0 Å². The second kappa shape index (κ2) is 7.88. The van der Waals surface area contributed by atoms with E-state index in [1.165, 1.54) is 36.7 Å². The molecular formula is C22H21ClF4N4O2. The quantitative estimate of drug-likeness (QED) is 0.481. The predicted molar refractivity (Wildman–Crippen MR) is 114 cm³/mol. The first kappa shape index (κ1) is 23.3. The van der Waals surface area contributed by atoms with E-state index in [-0.39, 0.29) is 39.0 Å². The summed E-state index contributed by atoms with van der Waals surface area (Å²) in [6, 6.07) is 3.76. The number of nitrogens with zero attached hydrogens (tertiary/aromatic N) is 3. The number of hydrogen-bond donors (Lipinski definition) is 2. The van der Waals surface area contributed by atoms with Crippen molar-refractivity contribution >= 4 is 17.5 Å². The first-order valence-electron chi connectivity index (χ1n) is 10.1. The van der Waals surface area contributed by atoms with Gasteiger partial charge in [-0.25, -0.2) is 4.39 Å². The molecule has 0 spiro atoms. The fourth-order valence-electron chi connectivity index (χ4n) is 3.98. The molecule has 0 unspecified atom stereocenters. The molecule has 1 aliphatic carbocycles. The van der Waals surface area contributed by atoms with Gasteiger partial charge in [-0.3, -0.25) is 9.48 Å². The zero-order chi connectivity index (χ0) is 24.3. The van der Waals surface area contributed by atoms with Crippen molar-refractivity contribution < 1.29 is 27.5 Å². The van der Waals surface area contributed by atoms with Crippen molar-refractivity contribution in [2.45, 2.75) is 51.1 Å². The molecule has 11 heteroatoms. The lowest BCUT2D eigenvalue weighted by atomic mass is 9.98. The fourth-order valence-corrected chi connectivity index (χ4v) is 4.24. The van der Waals surface area contributed by atoms with Crippen LogP contribution in [0.25, 0.3) is 22.4 Å². The molecular weight excluding hydrogens is 464 g/mol. The lowest BCUT2D eigenvalue weighted by Gasteiger charge is -2.20. The lowest BCUT2D eigenvalue weighted by molar-refractivity contribution is -0.144. The lowest BCUT2D eigenvalue weighted by Crippen LogP contribution is -2.29. The summed E-state index contributed by atoms with van der Waals surface area (Å²) in [7, 11) is 0. The van der Waals surface area contributed by atoms with Crippen LogP contribution in [0, 0.1) is 5.82 Å². The minimum atomic E-state index is -4.86. The Morgan fingerprint density at radius 3 is 2.45 bits per heavy atom. The van der Waals surface area contributed by atoms with Gasteiger partial charge in [0.15, 0.2) is 5.69 Å². The molecule has 0 bridgehead atoms. The summed E-state index contributed by atoms with van der Waals surface area (Å²) in [5.41, 5.74) is 2.13. The molecule has 2 aromatic heterocycles. The summed E-state index contributed by atoms with van der Waals surface area (Å²) in [4.78, 5) is 12.6. The van der Waals surface area contributed by atoms with E-state index in [1.54, 1.807) is 0 Å². The van der Waals surface area contributed by atoms with Gasteiger partial charge in [-0.05, 0) is 38.8 Å². The number of amides is 1. The van der Waals surface area contributed by atoms with Gasteiger partial charge in [-0.2, -0.15) is 18.3 Å². The average molecular weight is 485 g/mol. The Kier molecular flexibility index (Phi) is 5.57. The van der Waals surface area contributed by atoms with E-state index in [0.29, 0.717) is 17.5 Å². The van der Waals surface area contributed by atoms with Crippen LogP contribution in [0.4, 0.5) is 17.6 Å². The second-order valence-electron chi connectivity index (χ2n) is 8.74. The zero-order valence-corrected chi connectivity index (χ0v) is 18.5. The third-order valence-electron chi connectivity index (χ3n) is 5.35. The summed E-state index contributed by atoms with van der Waals surface area (Å²) >= 11 is 6.20. The molecule has 1 aromatic carbocycles. The van der Waals surface area contributed by atoms with Crippen LogP contribution in [-0.2, 0) is 12.7 Å². The second-order valence-corrected chi connectivity index (χ2v) is 9.15. The zero-order valence-electron chi connectivity index (χ0n) is 17.7. The van der Waals surface area contributed by atoms with Crippen LogP contribution in [-0.4, -0.2) is 31.0 Å². The molecule has 0 radical (unpaired) electrons. The number of rotatable bonds is 6. The molecule has 1 fully saturated rings. The molecule has 2 heterocycles. The minimum Gasteiger partial charge on any atom is -0.389 e. The van der Waals surface area contributed by atoms with Gasteiger partial charge in [-0.1, -0.05) is 17.7 Å². The number of aromatic nitrogens is 3. The topological polar surface area (TPSA) is 86.1 Å². The van der Waals surface area contributed by atoms with Crippen LogP contribution in [0.2, 0.25) is 5.02 Å². The van der Waals surface area contributed by atoms with E-state index < -0.39 is 35.7 Å². The number of carbonyl (C=O) groups is 1.